The Kier molecular flexibility index (Phi) is 8.91. The molecule has 0 aliphatic heterocycles. The second kappa shape index (κ2) is 10.0. The average Bonchev–Trinajstić information content (AvgIpc) is 2.56. The van der Waals surface area contributed by atoms with Crippen LogP contribution in [0.1, 0.15) is 60.5 Å². The summed E-state index contributed by atoms with van der Waals surface area (Å²) in [7, 11) is -1.98. The van der Waals surface area contributed by atoms with Crippen LogP contribution in [-0.2, 0) is 25.3 Å². The van der Waals surface area contributed by atoms with Crippen LogP contribution in [0.15, 0.2) is 30.3 Å². The summed E-state index contributed by atoms with van der Waals surface area (Å²) in [4.78, 5) is 11.5. The van der Waals surface area contributed by atoms with Crippen molar-refractivity contribution in [3.8, 4) is 0 Å². The number of rotatable bonds is 10. The minimum absolute atomic E-state index is 0.0569. The van der Waals surface area contributed by atoms with Gasteiger partial charge in [-0.1, -0.05) is 65.0 Å². The summed E-state index contributed by atoms with van der Waals surface area (Å²) in [5.41, 5.74) is 0.842. The second-order valence-electron chi connectivity index (χ2n) is 9.77. The molecule has 0 heterocycles. The second-order valence-corrected chi connectivity index (χ2v) is 14.5. The maximum atomic E-state index is 11.5. The molecular formula is C23H40O4Si. The number of hydrogen-bond donors (Lipinski definition) is 0. The minimum atomic E-state index is -1.98. The number of carbonyl (C=O) groups is 1. The number of carbonyl (C=O) groups excluding carboxylic acids is 1. The van der Waals surface area contributed by atoms with Gasteiger partial charge in [-0.3, -0.25) is 4.79 Å². The Labute approximate surface area is 173 Å². The van der Waals surface area contributed by atoms with Gasteiger partial charge < -0.3 is 13.9 Å². The van der Waals surface area contributed by atoms with Crippen molar-refractivity contribution < 1.29 is 18.7 Å². The van der Waals surface area contributed by atoms with Gasteiger partial charge in [-0.25, -0.2) is 0 Å². The molecule has 4 nitrogen and oxygen atoms in total. The molecule has 0 saturated carbocycles. The topological polar surface area (TPSA) is 44.8 Å². The molecule has 0 fully saturated rings. The molecule has 0 bridgehead atoms. The summed E-state index contributed by atoms with van der Waals surface area (Å²) in [6.07, 6.45) is 0.463. The quantitative estimate of drug-likeness (QED) is 0.272. The zero-order chi connectivity index (χ0) is 21.6. The van der Waals surface area contributed by atoms with E-state index in [-0.39, 0.29) is 28.6 Å². The number of esters is 1. The van der Waals surface area contributed by atoms with Crippen LogP contribution in [0.2, 0.25) is 18.1 Å². The van der Waals surface area contributed by atoms with Crippen LogP contribution >= 0.6 is 0 Å². The first-order chi connectivity index (χ1) is 12.8. The van der Waals surface area contributed by atoms with Gasteiger partial charge in [0.05, 0.1) is 12.7 Å². The molecule has 160 valence electrons. The molecule has 1 aromatic rings. The fraction of sp³-hybridized carbons (Fsp3) is 0.696. The molecular weight excluding hydrogens is 368 g/mol. The Bertz CT molecular complexity index is 605. The number of hydrogen-bond acceptors (Lipinski definition) is 4. The molecule has 1 rings (SSSR count). The predicted octanol–water partition coefficient (Wildman–Crippen LogP) is 5.96. The van der Waals surface area contributed by atoms with Crippen molar-refractivity contribution in [1.82, 2.24) is 0 Å². The maximum Gasteiger partial charge on any atom is 0.302 e. The maximum absolute atomic E-state index is 11.5. The molecule has 0 aliphatic rings. The standard InChI is InChI=1S/C23H40O4Si/c1-18(26-19(2)24)23(6,7)21(27-28(8,9)22(3,4)5)15-16-25-17-20-13-11-10-12-14-20/h10-14,18,21H,15-17H2,1-9H3/t18?,21-/m1/s1. The Balaban J connectivity index is 2.86. The molecule has 0 radical (unpaired) electrons. The smallest absolute Gasteiger partial charge is 0.302 e. The van der Waals surface area contributed by atoms with Gasteiger partial charge in [0.2, 0.25) is 0 Å². The third-order valence-corrected chi connectivity index (χ3v) is 10.6. The van der Waals surface area contributed by atoms with Crippen LogP contribution < -0.4 is 0 Å². The van der Waals surface area contributed by atoms with Crippen molar-refractivity contribution in [2.45, 2.75) is 91.8 Å². The van der Waals surface area contributed by atoms with E-state index in [1.54, 1.807) is 0 Å². The summed E-state index contributed by atoms with van der Waals surface area (Å²) < 4.78 is 18.3. The van der Waals surface area contributed by atoms with E-state index in [0.29, 0.717) is 13.2 Å². The lowest BCUT2D eigenvalue weighted by atomic mass is 9.80. The molecule has 5 heteroatoms. The number of benzene rings is 1. The molecule has 0 N–H and O–H groups in total. The molecule has 0 saturated heterocycles. The zero-order valence-electron chi connectivity index (χ0n) is 19.3. The van der Waals surface area contributed by atoms with E-state index in [1.165, 1.54) is 6.92 Å². The van der Waals surface area contributed by atoms with Gasteiger partial charge in [0.1, 0.15) is 6.10 Å². The van der Waals surface area contributed by atoms with E-state index in [0.717, 1.165) is 12.0 Å². The van der Waals surface area contributed by atoms with Gasteiger partial charge in [-0.15, -0.1) is 0 Å². The van der Waals surface area contributed by atoms with E-state index in [4.69, 9.17) is 13.9 Å². The molecule has 1 aromatic carbocycles. The lowest BCUT2D eigenvalue weighted by Crippen LogP contribution is -2.51. The van der Waals surface area contributed by atoms with Gasteiger partial charge in [-0.2, -0.15) is 0 Å². The molecule has 2 atom stereocenters. The van der Waals surface area contributed by atoms with Gasteiger partial charge in [0.15, 0.2) is 8.32 Å². The first kappa shape index (κ1) is 24.9. The highest BCUT2D eigenvalue weighted by molar-refractivity contribution is 6.74. The summed E-state index contributed by atoms with van der Waals surface area (Å²) in [6, 6.07) is 10.2. The Hall–Kier alpha value is -1.17. The molecule has 0 aromatic heterocycles. The monoisotopic (exact) mass is 408 g/mol. The van der Waals surface area contributed by atoms with Crippen molar-refractivity contribution in [1.29, 1.82) is 0 Å². The van der Waals surface area contributed by atoms with E-state index >= 15 is 0 Å². The van der Waals surface area contributed by atoms with Crippen molar-refractivity contribution in [2.24, 2.45) is 5.41 Å². The highest BCUT2D eigenvalue weighted by Crippen LogP contribution is 2.41. The van der Waals surface area contributed by atoms with Crippen LogP contribution in [0.25, 0.3) is 0 Å². The van der Waals surface area contributed by atoms with Gasteiger partial charge >= 0.3 is 5.97 Å². The summed E-state index contributed by atoms with van der Waals surface area (Å²) >= 11 is 0. The fourth-order valence-corrected chi connectivity index (χ4v) is 4.22. The average molecular weight is 409 g/mol. The summed E-state index contributed by atoms with van der Waals surface area (Å²) in [6.45, 7) is 20.1. The van der Waals surface area contributed by atoms with Crippen LogP contribution in [0.4, 0.5) is 0 Å². The Morgan fingerprint density at radius 2 is 1.64 bits per heavy atom. The van der Waals surface area contributed by atoms with Crippen molar-refractivity contribution in [3.05, 3.63) is 35.9 Å². The first-order valence-corrected chi connectivity index (χ1v) is 13.1. The number of ether oxygens (including phenoxy) is 2. The highest BCUT2D eigenvalue weighted by atomic mass is 28.4. The van der Waals surface area contributed by atoms with Crippen molar-refractivity contribution in [2.75, 3.05) is 6.61 Å². The molecule has 0 amide bonds. The molecule has 0 spiro atoms. The van der Waals surface area contributed by atoms with E-state index in [2.05, 4.69) is 59.8 Å². The third-order valence-electron chi connectivity index (χ3n) is 6.10. The highest BCUT2D eigenvalue weighted by Gasteiger charge is 2.45. The van der Waals surface area contributed by atoms with Gasteiger partial charge in [0, 0.05) is 18.9 Å². The van der Waals surface area contributed by atoms with E-state index < -0.39 is 8.32 Å². The molecule has 1 unspecified atom stereocenters. The Morgan fingerprint density at radius 3 is 2.14 bits per heavy atom. The van der Waals surface area contributed by atoms with Crippen LogP contribution in [-0.4, -0.2) is 33.1 Å². The van der Waals surface area contributed by atoms with Gasteiger partial charge in [0.25, 0.3) is 0 Å². The minimum Gasteiger partial charge on any atom is -0.462 e. The normalized spacial score (nSPS) is 15.2. The zero-order valence-corrected chi connectivity index (χ0v) is 20.3. The van der Waals surface area contributed by atoms with Crippen LogP contribution in [0.3, 0.4) is 0 Å². The van der Waals surface area contributed by atoms with Crippen LogP contribution in [0, 0.1) is 5.41 Å². The lowest BCUT2D eigenvalue weighted by Gasteiger charge is -2.46. The molecule has 0 aliphatic carbocycles. The lowest BCUT2D eigenvalue weighted by molar-refractivity contribution is -0.156. The third kappa shape index (κ3) is 7.34. The Morgan fingerprint density at radius 1 is 1.07 bits per heavy atom. The SMILES string of the molecule is CC(=O)OC(C)C(C)(C)[C@@H](CCOCc1ccccc1)O[Si](C)(C)C(C)(C)C. The largest absolute Gasteiger partial charge is 0.462 e. The van der Waals surface area contributed by atoms with Crippen molar-refractivity contribution in [3.63, 3.8) is 0 Å². The first-order valence-electron chi connectivity index (χ1n) is 10.2. The van der Waals surface area contributed by atoms with E-state index in [1.807, 2.05) is 25.1 Å². The molecule has 28 heavy (non-hydrogen) atoms. The van der Waals surface area contributed by atoms with Gasteiger partial charge in [-0.05, 0) is 37.0 Å². The predicted molar refractivity (Wildman–Crippen MR) is 118 cm³/mol. The van der Waals surface area contributed by atoms with Crippen LogP contribution in [0.5, 0.6) is 0 Å². The summed E-state index contributed by atoms with van der Waals surface area (Å²) in [5.74, 6) is -0.257. The van der Waals surface area contributed by atoms with Crippen molar-refractivity contribution >= 4 is 14.3 Å². The summed E-state index contributed by atoms with van der Waals surface area (Å²) in [5, 5.41) is 0.108. The van der Waals surface area contributed by atoms with E-state index in [9.17, 15) is 4.79 Å². The fourth-order valence-electron chi connectivity index (χ4n) is 2.73.